The Balaban J connectivity index is 1.81. The second kappa shape index (κ2) is 11.6. The zero-order chi connectivity index (χ0) is 23.8. The highest BCUT2D eigenvalue weighted by Crippen LogP contribution is 2.33. The number of aromatic nitrogens is 1. The van der Waals surface area contributed by atoms with Crippen molar-refractivity contribution >= 4 is 23.5 Å². The van der Waals surface area contributed by atoms with Crippen molar-refractivity contribution < 1.29 is 14.4 Å². The molecule has 2 N–H and O–H groups in total. The summed E-state index contributed by atoms with van der Waals surface area (Å²) in [5.74, 6) is -0.182. The van der Waals surface area contributed by atoms with Gasteiger partial charge in [-0.05, 0) is 51.3 Å². The molecule has 0 radical (unpaired) electrons. The number of nitrogens with one attached hydrogen (secondary N) is 2. The Kier molecular flexibility index (Phi) is 8.58. The molecule has 0 spiro atoms. The van der Waals surface area contributed by atoms with Gasteiger partial charge in [-0.15, -0.1) is 0 Å². The zero-order valence-corrected chi connectivity index (χ0v) is 19.7. The van der Waals surface area contributed by atoms with E-state index < -0.39 is 6.04 Å². The first-order valence-electron chi connectivity index (χ1n) is 11.7. The number of aryl methyl sites for hydroxylation is 1. The Morgan fingerprint density at radius 3 is 2.33 bits per heavy atom. The molecule has 176 valence electrons. The summed E-state index contributed by atoms with van der Waals surface area (Å²) in [7, 11) is 0. The SMILES string of the molecule is Cc1ccc([C@H](C(=O)NC(C)C)N(C(=O)CCC(=O)Nc2ccccn2)C2CCCC2)cc1. The number of benzene rings is 1. The smallest absolute Gasteiger partial charge is 0.247 e. The Bertz CT molecular complexity index is 938. The second-order valence-electron chi connectivity index (χ2n) is 8.98. The minimum absolute atomic E-state index is 0.0134. The molecule has 1 aliphatic rings. The van der Waals surface area contributed by atoms with Crippen molar-refractivity contribution in [3.63, 3.8) is 0 Å². The summed E-state index contributed by atoms with van der Waals surface area (Å²) in [6, 6.07) is 12.2. The van der Waals surface area contributed by atoms with Crippen molar-refractivity contribution in [1.29, 1.82) is 0 Å². The van der Waals surface area contributed by atoms with Crippen LogP contribution in [0.15, 0.2) is 48.7 Å². The monoisotopic (exact) mass is 450 g/mol. The van der Waals surface area contributed by atoms with Gasteiger partial charge in [0.1, 0.15) is 11.9 Å². The van der Waals surface area contributed by atoms with Gasteiger partial charge in [0, 0.05) is 31.1 Å². The Hall–Kier alpha value is -3.22. The lowest BCUT2D eigenvalue weighted by atomic mass is 9.99. The second-order valence-corrected chi connectivity index (χ2v) is 8.98. The maximum Gasteiger partial charge on any atom is 0.247 e. The molecule has 7 heteroatoms. The molecule has 1 heterocycles. The molecule has 0 unspecified atom stereocenters. The van der Waals surface area contributed by atoms with Crippen molar-refractivity contribution in [3.05, 3.63) is 59.8 Å². The van der Waals surface area contributed by atoms with Gasteiger partial charge < -0.3 is 15.5 Å². The normalized spacial score (nSPS) is 14.7. The molecule has 2 aromatic rings. The van der Waals surface area contributed by atoms with Crippen LogP contribution in [0.25, 0.3) is 0 Å². The van der Waals surface area contributed by atoms with Gasteiger partial charge in [-0.1, -0.05) is 48.7 Å². The molecule has 1 aromatic heterocycles. The van der Waals surface area contributed by atoms with Crippen molar-refractivity contribution in [2.24, 2.45) is 0 Å². The third-order valence-corrected chi connectivity index (χ3v) is 5.85. The average molecular weight is 451 g/mol. The minimum Gasteiger partial charge on any atom is -0.352 e. The number of amides is 3. The van der Waals surface area contributed by atoms with Crippen LogP contribution in [0.4, 0.5) is 5.82 Å². The molecular formula is C26H34N4O3. The summed E-state index contributed by atoms with van der Waals surface area (Å²) in [6.07, 6.45) is 5.45. The molecule has 1 fully saturated rings. The van der Waals surface area contributed by atoms with Gasteiger partial charge in [0.05, 0.1) is 0 Å². The summed E-state index contributed by atoms with van der Waals surface area (Å²) < 4.78 is 0. The van der Waals surface area contributed by atoms with Crippen LogP contribution in [-0.4, -0.2) is 39.7 Å². The third kappa shape index (κ3) is 6.88. The summed E-state index contributed by atoms with van der Waals surface area (Å²) >= 11 is 0. The van der Waals surface area contributed by atoms with E-state index >= 15 is 0 Å². The van der Waals surface area contributed by atoms with Crippen molar-refractivity contribution in [3.8, 4) is 0 Å². The summed E-state index contributed by atoms with van der Waals surface area (Å²) in [5, 5.41) is 5.71. The van der Waals surface area contributed by atoms with E-state index in [2.05, 4.69) is 15.6 Å². The molecule has 0 bridgehead atoms. The molecule has 1 aliphatic carbocycles. The maximum absolute atomic E-state index is 13.5. The summed E-state index contributed by atoms with van der Waals surface area (Å²) in [6.45, 7) is 5.81. The van der Waals surface area contributed by atoms with E-state index in [-0.39, 0.29) is 42.6 Å². The summed E-state index contributed by atoms with van der Waals surface area (Å²) in [5.41, 5.74) is 1.88. The lowest BCUT2D eigenvalue weighted by molar-refractivity contribution is -0.144. The first kappa shape index (κ1) is 24.4. The highest BCUT2D eigenvalue weighted by molar-refractivity contribution is 5.94. The number of rotatable bonds is 9. The fourth-order valence-electron chi connectivity index (χ4n) is 4.28. The number of hydrogen-bond donors (Lipinski definition) is 2. The minimum atomic E-state index is -0.720. The van der Waals surface area contributed by atoms with E-state index in [1.807, 2.05) is 45.0 Å². The Labute approximate surface area is 196 Å². The Morgan fingerprint density at radius 1 is 1.03 bits per heavy atom. The number of carbonyl (C=O) groups is 3. The van der Waals surface area contributed by atoms with Crippen LogP contribution in [0.2, 0.25) is 0 Å². The van der Waals surface area contributed by atoms with Crippen LogP contribution in [-0.2, 0) is 14.4 Å². The quantitative estimate of drug-likeness (QED) is 0.600. The zero-order valence-electron chi connectivity index (χ0n) is 19.7. The molecule has 0 saturated heterocycles. The highest BCUT2D eigenvalue weighted by atomic mass is 16.2. The average Bonchev–Trinajstić information content (AvgIpc) is 3.31. The lowest BCUT2D eigenvalue weighted by Crippen LogP contribution is -2.49. The van der Waals surface area contributed by atoms with Crippen LogP contribution in [0, 0.1) is 6.92 Å². The highest BCUT2D eigenvalue weighted by Gasteiger charge is 2.37. The van der Waals surface area contributed by atoms with Crippen LogP contribution < -0.4 is 10.6 Å². The van der Waals surface area contributed by atoms with Gasteiger partial charge in [-0.3, -0.25) is 14.4 Å². The predicted molar refractivity (Wildman–Crippen MR) is 128 cm³/mol. The molecule has 0 aliphatic heterocycles. The molecule has 1 saturated carbocycles. The number of hydrogen-bond acceptors (Lipinski definition) is 4. The number of nitrogens with zero attached hydrogens (tertiary/aromatic N) is 2. The first-order valence-corrected chi connectivity index (χ1v) is 11.7. The molecule has 3 amide bonds. The molecule has 3 rings (SSSR count). The molecule has 1 atom stereocenters. The molecule has 1 aromatic carbocycles. The van der Waals surface area contributed by atoms with Gasteiger partial charge >= 0.3 is 0 Å². The largest absolute Gasteiger partial charge is 0.352 e. The number of pyridine rings is 1. The standard InChI is InChI=1S/C26H34N4O3/c1-18(2)28-26(33)25(20-13-11-19(3)12-14-20)30(21-8-4-5-9-21)24(32)16-15-23(31)29-22-10-6-7-17-27-22/h6-7,10-14,17-18,21,25H,4-5,8-9,15-16H2,1-3H3,(H,28,33)(H,27,29,31)/t25-/m1/s1. The van der Waals surface area contributed by atoms with Crippen LogP contribution in [0.1, 0.15) is 69.5 Å². The van der Waals surface area contributed by atoms with Crippen molar-refractivity contribution in [2.45, 2.75) is 77.4 Å². The Morgan fingerprint density at radius 2 is 1.73 bits per heavy atom. The fourth-order valence-corrected chi connectivity index (χ4v) is 4.28. The molecular weight excluding hydrogens is 416 g/mol. The topological polar surface area (TPSA) is 91.4 Å². The summed E-state index contributed by atoms with van der Waals surface area (Å²) in [4.78, 5) is 45.1. The van der Waals surface area contributed by atoms with Gasteiger partial charge in [0.2, 0.25) is 17.7 Å². The van der Waals surface area contributed by atoms with Crippen LogP contribution in [0.5, 0.6) is 0 Å². The fraction of sp³-hybridized carbons (Fsp3) is 0.462. The number of carbonyl (C=O) groups excluding carboxylic acids is 3. The van der Waals surface area contributed by atoms with Gasteiger partial charge in [0.25, 0.3) is 0 Å². The van der Waals surface area contributed by atoms with Gasteiger partial charge in [-0.25, -0.2) is 4.98 Å². The van der Waals surface area contributed by atoms with Crippen LogP contribution in [0.3, 0.4) is 0 Å². The van der Waals surface area contributed by atoms with E-state index in [1.54, 1.807) is 29.3 Å². The lowest BCUT2D eigenvalue weighted by Gasteiger charge is -2.36. The van der Waals surface area contributed by atoms with E-state index in [0.717, 1.165) is 36.8 Å². The van der Waals surface area contributed by atoms with Gasteiger partial charge in [0.15, 0.2) is 0 Å². The van der Waals surface area contributed by atoms with E-state index in [1.165, 1.54) is 0 Å². The maximum atomic E-state index is 13.5. The predicted octanol–water partition coefficient (Wildman–Crippen LogP) is 4.15. The third-order valence-electron chi connectivity index (χ3n) is 5.85. The molecule has 33 heavy (non-hydrogen) atoms. The van der Waals surface area contributed by atoms with Crippen molar-refractivity contribution in [1.82, 2.24) is 15.2 Å². The molecule has 7 nitrogen and oxygen atoms in total. The van der Waals surface area contributed by atoms with E-state index in [4.69, 9.17) is 0 Å². The van der Waals surface area contributed by atoms with E-state index in [0.29, 0.717) is 5.82 Å². The number of anilines is 1. The first-order chi connectivity index (χ1) is 15.8. The van der Waals surface area contributed by atoms with Gasteiger partial charge in [-0.2, -0.15) is 0 Å². The van der Waals surface area contributed by atoms with Crippen molar-refractivity contribution in [2.75, 3.05) is 5.32 Å². The van der Waals surface area contributed by atoms with Crippen LogP contribution >= 0.6 is 0 Å². The van der Waals surface area contributed by atoms with E-state index in [9.17, 15) is 14.4 Å².